The van der Waals surface area contributed by atoms with Gasteiger partial charge in [0.05, 0.1) is 10.8 Å². The van der Waals surface area contributed by atoms with Crippen molar-refractivity contribution in [1.29, 1.82) is 0 Å². The topological polar surface area (TPSA) is 97.6 Å². The van der Waals surface area contributed by atoms with Gasteiger partial charge in [-0.25, -0.2) is 8.42 Å². The molecule has 2 aliphatic rings. The van der Waals surface area contributed by atoms with E-state index in [-0.39, 0.29) is 22.7 Å². The van der Waals surface area contributed by atoms with Crippen LogP contribution in [0.15, 0.2) is 89.0 Å². The third-order valence-corrected chi connectivity index (χ3v) is 9.48. The van der Waals surface area contributed by atoms with Crippen molar-refractivity contribution in [2.75, 3.05) is 0 Å². The van der Waals surface area contributed by atoms with Crippen LogP contribution in [0.5, 0.6) is 0 Å². The van der Waals surface area contributed by atoms with Crippen LogP contribution >= 0.6 is 11.6 Å². The maximum atomic E-state index is 14.3. The molecule has 7 nitrogen and oxygen atoms in total. The molecule has 38 heavy (non-hydrogen) atoms. The lowest BCUT2D eigenvalue weighted by atomic mass is 9.72. The number of rotatable bonds is 5. The van der Waals surface area contributed by atoms with E-state index >= 15 is 0 Å². The van der Waals surface area contributed by atoms with Gasteiger partial charge in [0.25, 0.3) is 10.0 Å². The van der Waals surface area contributed by atoms with E-state index in [1.807, 2.05) is 26.0 Å². The molecule has 1 heterocycles. The van der Waals surface area contributed by atoms with E-state index in [4.69, 9.17) is 11.6 Å². The molecule has 0 fully saturated rings. The summed E-state index contributed by atoms with van der Waals surface area (Å²) in [5, 5.41) is 13.4. The second-order valence-corrected chi connectivity index (χ2v) is 12.2. The molecule has 3 aromatic rings. The van der Waals surface area contributed by atoms with Gasteiger partial charge in [-0.05, 0) is 62.1 Å². The van der Waals surface area contributed by atoms with Crippen molar-refractivity contribution in [3.63, 3.8) is 0 Å². The number of nitro groups is 1. The Morgan fingerprint density at radius 3 is 2.00 bits per heavy atom. The number of halogens is 1. The molecule has 0 spiro atoms. The van der Waals surface area contributed by atoms with Crippen LogP contribution in [-0.2, 0) is 14.8 Å². The second-order valence-electron chi connectivity index (χ2n) is 9.91. The highest BCUT2D eigenvalue weighted by molar-refractivity contribution is 7.89. The van der Waals surface area contributed by atoms with Crippen molar-refractivity contribution in [2.45, 2.75) is 56.0 Å². The van der Waals surface area contributed by atoms with Crippen LogP contribution < -0.4 is 0 Å². The Morgan fingerprint density at radius 2 is 1.42 bits per heavy atom. The van der Waals surface area contributed by atoms with Crippen molar-refractivity contribution >= 4 is 27.4 Å². The highest BCUT2D eigenvalue weighted by Crippen LogP contribution is 2.51. The van der Waals surface area contributed by atoms with Crippen LogP contribution in [0.4, 0.5) is 0 Å². The zero-order valence-electron chi connectivity index (χ0n) is 21.0. The van der Waals surface area contributed by atoms with Gasteiger partial charge in [-0.3, -0.25) is 19.2 Å². The van der Waals surface area contributed by atoms with Crippen LogP contribution in [0.1, 0.15) is 53.5 Å². The smallest absolute Gasteiger partial charge is 0.264 e. The molecular weight excluding hydrogens is 524 g/mol. The zero-order chi connectivity index (χ0) is 27.2. The summed E-state index contributed by atoms with van der Waals surface area (Å²) in [5.74, 6) is -1.19. The average molecular weight is 551 g/mol. The quantitative estimate of drug-likeness (QED) is 0.281. The highest BCUT2D eigenvalue weighted by Gasteiger charge is 2.56. The lowest BCUT2D eigenvalue weighted by molar-refractivity contribution is -0.534. The minimum atomic E-state index is -4.26. The third kappa shape index (κ3) is 4.52. The molecule has 9 heteroatoms. The normalized spacial score (nSPS) is 21.8. The second kappa shape index (κ2) is 10.0. The molecule has 0 saturated heterocycles. The fourth-order valence-corrected chi connectivity index (χ4v) is 7.43. The molecule has 5 rings (SSSR count). The summed E-state index contributed by atoms with van der Waals surface area (Å²) in [4.78, 5) is 26.0. The molecule has 0 unspecified atom stereocenters. The lowest BCUT2D eigenvalue weighted by Crippen LogP contribution is -2.52. The summed E-state index contributed by atoms with van der Waals surface area (Å²) in [6, 6.07) is 17.6. The number of carbonyl (C=O) groups is 1. The number of sulfonamides is 1. The number of aryl methyl sites for hydroxylation is 2. The molecule has 196 valence electrons. The fraction of sp³-hybridized carbons (Fsp3) is 0.276. The average Bonchev–Trinajstić information content (AvgIpc) is 2.88. The van der Waals surface area contributed by atoms with Gasteiger partial charge in [0.15, 0.2) is 5.78 Å². The van der Waals surface area contributed by atoms with E-state index < -0.39 is 32.9 Å². The summed E-state index contributed by atoms with van der Waals surface area (Å²) in [7, 11) is -4.26. The Kier molecular flexibility index (Phi) is 6.88. The molecule has 0 N–H and O–H groups in total. The summed E-state index contributed by atoms with van der Waals surface area (Å²) in [6.07, 6.45) is 0.999. The first kappa shape index (κ1) is 26.1. The van der Waals surface area contributed by atoms with Crippen LogP contribution in [-0.4, -0.2) is 29.5 Å². The Hall–Kier alpha value is -3.49. The minimum Gasteiger partial charge on any atom is -0.294 e. The summed E-state index contributed by atoms with van der Waals surface area (Å²) in [5.41, 5.74) is 3.43. The van der Waals surface area contributed by atoms with E-state index in [0.717, 1.165) is 11.1 Å². The number of ketones is 1. The predicted molar refractivity (Wildman–Crippen MR) is 145 cm³/mol. The van der Waals surface area contributed by atoms with Crippen molar-refractivity contribution < 1.29 is 18.1 Å². The van der Waals surface area contributed by atoms with Gasteiger partial charge >= 0.3 is 0 Å². The molecule has 1 aliphatic carbocycles. The van der Waals surface area contributed by atoms with Gasteiger partial charge in [-0.15, -0.1) is 0 Å². The van der Waals surface area contributed by atoms with Crippen molar-refractivity contribution in [1.82, 2.24) is 4.31 Å². The number of allylic oxidation sites excluding steroid dienone is 1. The van der Waals surface area contributed by atoms with Crippen LogP contribution in [0, 0.1) is 24.0 Å². The lowest BCUT2D eigenvalue weighted by Gasteiger charge is -2.45. The third-order valence-electron chi connectivity index (χ3n) is 7.39. The van der Waals surface area contributed by atoms with Gasteiger partial charge in [0.1, 0.15) is 6.04 Å². The van der Waals surface area contributed by atoms with E-state index in [2.05, 4.69) is 0 Å². The summed E-state index contributed by atoms with van der Waals surface area (Å²) >= 11 is 6.12. The van der Waals surface area contributed by atoms with Gasteiger partial charge in [-0.2, -0.15) is 0 Å². The molecular formula is C29H27ClN2O5S. The molecule has 0 bridgehead atoms. The van der Waals surface area contributed by atoms with Gasteiger partial charge in [0, 0.05) is 27.6 Å². The van der Waals surface area contributed by atoms with E-state index in [0.29, 0.717) is 34.7 Å². The maximum Gasteiger partial charge on any atom is 0.264 e. The number of nitrogens with zero attached hydrogens (tertiary/aromatic N) is 2. The van der Waals surface area contributed by atoms with Gasteiger partial charge in [0.2, 0.25) is 6.04 Å². The molecule has 3 aromatic carbocycles. The van der Waals surface area contributed by atoms with Gasteiger partial charge in [-0.1, -0.05) is 71.3 Å². The zero-order valence-corrected chi connectivity index (χ0v) is 22.6. The number of hydrogen-bond acceptors (Lipinski definition) is 5. The van der Waals surface area contributed by atoms with Crippen molar-refractivity contribution in [3.05, 3.63) is 121 Å². The van der Waals surface area contributed by atoms with E-state index in [1.54, 1.807) is 48.5 Å². The summed E-state index contributed by atoms with van der Waals surface area (Å²) in [6.45, 7) is 3.75. The largest absolute Gasteiger partial charge is 0.294 e. The first-order valence-electron chi connectivity index (χ1n) is 12.4. The minimum absolute atomic E-state index is 0.0251. The Bertz CT molecular complexity index is 1530. The van der Waals surface area contributed by atoms with Gasteiger partial charge < -0.3 is 0 Å². The number of benzene rings is 3. The molecule has 0 aromatic heterocycles. The monoisotopic (exact) mass is 550 g/mol. The standard InChI is InChI=1S/C29H27ClN2O5S/c1-18-6-10-21(11-7-18)28-29(32(34)35)26(20-12-14-22(30)15-13-20)27-24(4-3-5-25(27)33)31(28)38(36,37)23-16-8-19(2)9-17-23/h6-17,26,28-29H,3-5H2,1-2H3/t26-,28-,29+/m1/s1. The molecule has 1 aliphatic heterocycles. The Labute approximate surface area is 226 Å². The first-order chi connectivity index (χ1) is 18.1. The molecule has 0 amide bonds. The van der Waals surface area contributed by atoms with Crippen LogP contribution in [0.2, 0.25) is 5.02 Å². The first-order valence-corrected chi connectivity index (χ1v) is 14.2. The van der Waals surface area contributed by atoms with E-state index in [9.17, 15) is 23.3 Å². The maximum absolute atomic E-state index is 14.3. The van der Waals surface area contributed by atoms with Crippen molar-refractivity contribution in [2.24, 2.45) is 0 Å². The SMILES string of the molecule is Cc1ccc([C@@H]2[C@@H]([N+](=O)[O-])[C@H](c3ccc(Cl)cc3)C3=C(CCCC3=O)N2S(=O)(=O)c2ccc(C)cc2)cc1. The van der Waals surface area contributed by atoms with Crippen molar-refractivity contribution in [3.8, 4) is 0 Å². The number of hydrogen-bond donors (Lipinski definition) is 0. The molecule has 3 atom stereocenters. The highest BCUT2D eigenvalue weighted by atomic mass is 35.5. The number of carbonyl (C=O) groups excluding carboxylic acids is 1. The summed E-state index contributed by atoms with van der Waals surface area (Å²) < 4.78 is 29.8. The van der Waals surface area contributed by atoms with Crippen LogP contribution in [0.25, 0.3) is 0 Å². The van der Waals surface area contributed by atoms with E-state index in [1.165, 1.54) is 16.4 Å². The molecule has 0 saturated carbocycles. The van der Waals surface area contributed by atoms with Crippen LogP contribution in [0.3, 0.4) is 0 Å². The molecule has 0 radical (unpaired) electrons. The Morgan fingerprint density at radius 1 is 0.868 bits per heavy atom. The Balaban J connectivity index is 1.85. The number of Topliss-reactive ketones (excluding diaryl/α,β-unsaturated/α-hetero) is 1. The fourth-order valence-electron chi connectivity index (χ4n) is 5.57. The predicted octanol–water partition coefficient (Wildman–Crippen LogP) is 6.14.